The molecule has 1 aliphatic carbocycles. The van der Waals surface area contributed by atoms with E-state index in [-0.39, 0.29) is 44.6 Å². The second kappa shape index (κ2) is 15.2. The van der Waals surface area contributed by atoms with Crippen LogP contribution in [-0.2, 0) is 37.9 Å². The van der Waals surface area contributed by atoms with Gasteiger partial charge in [0.1, 0.15) is 0 Å². The average molecular weight is 929 g/mol. The van der Waals surface area contributed by atoms with Crippen molar-refractivity contribution in [3.63, 3.8) is 0 Å². The van der Waals surface area contributed by atoms with Gasteiger partial charge in [-0.05, 0) is 154 Å². The van der Waals surface area contributed by atoms with Crippen molar-refractivity contribution in [3.8, 4) is 11.1 Å². The molecule has 356 valence electrons. The quantitative estimate of drug-likeness (QED) is 0.163. The van der Waals surface area contributed by atoms with Gasteiger partial charge < -0.3 is 9.80 Å². The van der Waals surface area contributed by atoms with Gasteiger partial charge in [-0.3, -0.25) is 0 Å². The largest absolute Gasteiger partial charge is 0.311 e. The smallest absolute Gasteiger partial charge is 0.264 e. The molecule has 0 saturated carbocycles. The van der Waals surface area contributed by atoms with Crippen LogP contribution in [0, 0.1) is 0 Å². The molecular formula is C65H77BN2S. The Hall–Kier alpha value is -5.06. The van der Waals surface area contributed by atoms with Crippen molar-refractivity contribution in [1.82, 2.24) is 0 Å². The van der Waals surface area contributed by atoms with Gasteiger partial charge in [0.2, 0.25) is 0 Å². The standard InChI is InChI=1S/C65H77BN2S/c1-59(2,3)40-22-20-39(21-23-40)46-36-48-49(65(18,19)38-64(48,16)17)37-52(46)68-51-30-26-43(62(10,11)12)33-50(51)66-56-53(34-44(35-54(56)68)63(13,14)15)67(45-28-24-41(25-29-45)60(4,5)6)57-47-32-42(61(7,8)9)27-31-55(47)69-58(57)66/h20-37H,38H2,1-19H3. The van der Waals surface area contributed by atoms with Crippen LogP contribution >= 0.6 is 11.3 Å². The molecule has 3 aliphatic rings. The van der Waals surface area contributed by atoms with Crippen LogP contribution in [0.1, 0.15) is 177 Å². The van der Waals surface area contributed by atoms with Crippen LogP contribution in [0.3, 0.4) is 0 Å². The van der Waals surface area contributed by atoms with Crippen LogP contribution < -0.4 is 25.5 Å². The molecule has 0 bridgehead atoms. The highest BCUT2D eigenvalue weighted by Crippen LogP contribution is 2.56. The molecule has 0 saturated heterocycles. The molecule has 3 heterocycles. The van der Waals surface area contributed by atoms with Gasteiger partial charge in [0.05, 0.1) is 11.4 Å². The van der Waals surface area contributed by atoms with Crippen molar-refractivity contribution in [2.45, 2.75) is 176 Å². The Morgan fingerprint density at radius 1 is 0.449 bits per heavy atom. The summed E-state index contributed by atoms with van der Waals surface area (Å²) < 4.78 is 2.77. The topological polar surface area (TPSA) is 6.48 Å². The Morgan fingerprint density at radius 3 is 1.48 bits per heavy atom. The van der Waals surface area contributed by atoms with Gasteiger partial charge in [-0.2, -0.15) is 0 Å². The number of benzene rings is 6. The van der Waals surface area contributed by atoms with E-state index < -0.39 is 0 Å². The third-order valence-corrected chi connectivity index (χ3v) is 17.3. The van der Waals surface area contributed by atoms with E-state index >= 15 is 0 Å². The molecule has 0 atom stereocenters. The first-order valence-corrected chi connectivity index (χ1v) is 26.6. The lowest BCUT2D eigenvalue weighted by molar-refractivity contribution is 0.403. The van der Waals surface area contributed by atoms with E-state index in [1.54, 1.807) is 0 Å². The summed E-state index contributed by atoms with van der Waals surface area (Å²) in [6, 6.07) is 44.3. The molecule has 0 spiro atoms. The van der Waals surface area contributed by atoms with Crippen LogP contribution in [0.4, 0.5) is 34.1 Å². The molecule has 7 aromatic rings. The van der Waals surface area contributed by atoms with Gasteiger partial charge >= 0.3 is 0 Å². The molecule has 0 amide bonds. The van der Waals surface area contributed by atoms with E-state index in [2.05, 4.69) is 251 Å². The Labute approximate surface area is 420 Å². The van der Waals surface area contributed by atoms with E-state index in [1.165, 1.54) is 110 Å². The Kier molecular flexibility index (Phi) is 10.5. The average Bonchev–Trinajstić information content (AvgIpc) is 3.70. The third-order valence-electron chi connectivity index (χ3n) is 16.0. The molecule has 2 nitrogen and oxygen atoms in total. The predicted octanol–water partition coefficient (Wildman–Crippen LogP) is 17.1. The first-order chi connectivity index (χ1) is 31.8. The molecule has 10 rings (SSSR count). The zero-order valence-electron chi connectivity index (χ0n) is 45.5. The molecule has 4 heteroatoms. The van der Waals surface area contributed by atoms with Crippen molar-refractivity contribution in [2.24, 2.45) is 0 Å². The minimum atomic E-state index is -0.128. The lowest BCUT2D eigenvalue weighted by Crippen LogP contribution is -2.60. The number of hydrogen-bond acceptors (Lipinski definition) is 3. The fourth-order valence-corrected chi connectivity index (χ4v) is 13.4. The van der Waals surface area contributed by atoms with E-state index in [1.807, 2.05) is 11.3 Å². The van der Waals surface area contributed by atoms with E-state index in [0.717, 1.165) is 6.42 Å². The van der Waals surface area contributed by atoms with Gasteiger partial charge in [-0.25, -0.2) is 0 Å². The highest BCUT2D eigenvalue weighted by atomic mass is 32.1. The van der Waals surface area contributed by atoms with E-state index in [0.29, 0.717) is 0 Å². The summed E-state index contributed by atoms with van der Waals surface area (Å²) in [5.41, 5.74) is 22.7. The summed E-state index contributed by atoms with van der Waals surface area (Å²) in [4.78, 5) is 5.40. The van der Waals surface area contributed by atoms with Crippen LogP contribution in [0.15, 0.2) is 109 Å². The summed E-state index contributed by atoms with van der Waals surface area (Å²) in [6.45, 7) is 45.1. The highest BCUT2D eigenvalue weighted by Gasteiger charge is 2.48. The molecular weight excluding hydrogens is 852 g/mol. The zero-order chi connectivity index (χ0) is 49.9. The lowest BCUT2D eigenvalue weighted by Gasteiger charge is -2.45. The van der Waals surface area contributed by atoms with Crippen LogP contribution in [0.2, 0.25) is 0 Å². The van der Waals surface area contributed by atoms with E-state index in [4.69, 9.17) is 0 Å². The number of hydrogen-bond donors (Lipinski definition) is 0. The summed E-state index contributed by atoms with van der Waals surface area (Å²) in [7, 11) is 0. The Balaban J connectivity index is 1.37. The second-order valence-electron chi connectivity index (χ2n) is 27.6. The normalized spacial score (nSPS) is 16.4. The van der Waals surface area contributed by atoms with Crippen molar-refractivity contribution >= 4 is 78.0 Å². The van der Waals surface area contributed by atoms with Crippen molar-refractivity contribution in [2.75, 3.05) is 9.80 Å². The summed E-state index contributed by atoms with van der Waals surface area (Å²) >= 11 is 2.01. The maximum atomic E-state index is 2.72. The zero-order valence-corrected chi connectivity index (χ0v) is 46.3. The van der Waals surface area contributed by atoms with Gasteiger partial charge in [0.25, 0.3) is 6.71 Å². The maximum absolute atomic E-state index is 2.72. The highest BCUT2D eigenvalue weighted by molar-refractivity contribution is 7.33. The maximum Gasteiger partial charge on any atom is 0.264 e. The Bertz CT molecular complexity index is 3200. The fraction of sp³-hybridized carbons (Fsp3) is 0.415. The fourth-order valence-electron chi connectivity index (χ4n) is 12.1. The molecule has 69 heavy (non-hydrogen) atoms. The summed E-state index contributed by atoms with van der Waals surface area (Å²) in [6.07, 6.45) is 1.11. The first-order valence-electron chi connectivity index (χ1n) is 25.8. The molecule has 0 N–H and O–H groups in total. The van der Waals surface area contributed by atoms with Crippen molar-refractivity contribution in [1.29, 1.82) is 0 Å². The van der Waals surface area contributed by atoms with Crippen LogP contribution in [-0.4, -0.2) is 6.71 Å². The van der Waals surface area contributed by atoms with Gasteiger partial charge in [0, 0.05) is 43.2 Å². The van der Waals surface area contributed by atoms with Gasteiger partial charge in [-0.15, -0.1) is 11.3 Å². The number of thiophene rings is 1. The summed E-state index contributed by atoms with van der Waals surface area (Å²) in [5.74, 6) is 0. The molecule has 0 fully saturated rings. The minimum absolute atomic E-state index is 0.00527. The number of nitrogens with zero attached hydrogens (tertiary/aromatic N) is 2. The second-order valence-corrected chi connectivity index (χ2v) is 28.6. The van der Waals surface area contributed by atoms with Crippen molar-refractivity contribution < 1.29 is 0 Å². The molecule has 1 aromatic heterocycles. The first kappa shape index (κ1) is 47.6. The Morgan fingerprint density at radius 2 is 0.928 bits per heavy atom. The molecule has 0 unspecified atom stereocenters. The number of anilines is 6. The third kappa shape index (κ3) is 7.82. The SMILES string of the molecule is CC(C)(C)c1ccc(-c2cc3c(cc2N2c4ccc(C(C)(C)C)cc4B4c5sc6ccc(C(C)(C)C)cc6c5N(c5ccc(C(C)(C)C)cc5)c5cc(C(C)(C)C)cc2c54)C(C)(C)CC3(C)C)cc1. The predicted molar refractivity (Wildman–Crippen MR) is 305 cm³/mol. The molecule has 6 aromatic carbocycles. The summed E-state index contributed by atoms with van der Waals surface area (Å²) in [5, 5.41) is 1.34. The number of rotatable bonds is 3. The van der Waals surface area contributed by atoms with Crippen LogP contribution in [0.25, 0.3) is 21.2 Å². The number of fused-ring (bicyclic) bond motifs is 7. The minimum Gasteiger partial charge on any atom is -0.311 e. The van der Waals surface area contributed by atoms with Gasteiger partial charge in [-0.1, -0.05) is 186 Å². The monoisotopic (exact) mass is 929 g/mol. The molecule has 0 radical (unpaired) electrons. The lowest BCUT2D eigenvalue weighted by atomic mass is 9.36. The van der Waals surface area contributed by atoms with Crippen LogP contribution in [0.5, 0.6) is 0 Å². The van der Waals surface area contributed by atoms with Crippen molar-refractivity contribution in [3.05, 3.63) is 148 Å². The van der Waals surface area contributed by atoms with E-state index in [9.17, 15) is 0 Å². The van der Waals surface area contributed by atoms with Gasteiger partial charge in [0.15, 0.2) is 0 Å². The molecule has 2 aliphatic heterocycles.